The van der Waals surface area contributed by atoms with E-state index in [1.807, 2.05) is 30.3 Å². The van der Waals surface area contributed by atoms with Crippen LogP contribution < -0.4 is 10.5 Å². The van der Waals surface area contributed by atoms with E-state index < -0.39 is 17.0 Å². The molecule has 1 heterocycles. The van der Waals surface area contributed by atoms with Gasteiger partial charge in [-0.1, -0.05) is 30.3 Å². The lowest BCUT2D eigenvalue weighted by Crippen LogP contribution is -2.14. The van der Waals surface area contributed by atoms with Crippen LogP contribution in [-0.2, 0) is 17.7 Å². The molecule has 1 amide bonds. The van der Waals surface area contributed by atoms with Gasteiger partial charge in [-0.25, -0.2) is 4.21 Å². The fraction of sp³-hybridized carbons (Fsp3) is 0.0435. The molecule has 0 fully saturated rings. The molecule has 0 radical (unpaired) electrons. The molecule has 1 aromatic heterocycles. The van der Waals surface area contributed by atoms with Gasteiger partial charge in [-0.05, 0) is 53.6 Å². The zero-order valence-electron chi connectivity index (χ0n) is 15.8. The van der Waals surface area contributed by atoms with Crippen LogP contribution in [-0.4, -0.2) is 19.7 Å². The summed E-state index contributed by atoms with van der Waals surface area (Å²) < 4.78 is 26.5. The number of nitrogens with zero attached hydrogens (tertiary/aromatic N) is 1. The minimum absolute atomic E-state index is 0.176. The summed E-state index contributed by atoms with van der Waals surface area (Å²) in [6.45, 7) is 0.176. The molecule has 1 atom stereocenters. The van der Waals surface area contributed by atoms with Gasteiger partial charge in [0.25, 0.3) is 0 Å². The number of primary amides is 1. The quantitative estimate of drug-likeness (QED) is 0.458. The summed E-state index contributed by atoms with van der Waals surface area (Å²) in [6, 6.07) is 21.4. The van der Waals surface area contributed by atoms with Gasteiger partial charge in [-0.2, -0.15) is 0 Å². The molecule has 0 saturated carbocycles. The number of benzene rings is 3. The van der Waals surface area contributed by atoms with Crippen LogP contribution in [0.2, 0.25) is 0 Å². The van der Waals surface area contributed by atoms with Crippen molar-refractivity contribution < 1.29 is 18.3 Å². The molecule has 150 valence electrons. The molecular formula is C23H18N2O4S. The number of amides is 1. The molecule has 4 rings (SSSR count). The van der Waals surface area contributed by atoms with Gasteiger partial charge in [-0.3, -0.25) is 9.78 Å². The van der Waals surface area contributed by atoms with Crippen molar-refractivity contribution in [3.05, 3.63) is 90.1 Å². The smallest absolute Gasteiger partial charge is 0.249 e. The number of carbonyl (C=O) groups excluding carboxylic acids is 1. The maximum Gasteiger partial charge on any atom is 0.249 e. The van der Waals surface area contributed by atoms with Gasteiger partial charge in [0, 0.05) is 22.7 Å². The molecule has 0 aliphatic heterocycles. The lowest BCUT2D eigenvalue weighted by Gasteiger charge is -2.13. The number of hydrogen-bond donors (Lipinski definition) is 2. The summed E-state index contributed by atoms with van der Waals surface area (Å²) in [5, 5.41) is 0.839. The Balaban J connectivity index is 1.72. The third kappa shape index (κ3) is 4.07. The Labute approximate surface area is 175 Å². The monoisotopic (exact) mass is 418 g/mol. The summed E-state index contributed by atoms with van der Waals surface area (Å²) in [5.41, 5.74) is 9.05. The standard InChI is InChI=1S/C23H18N2O4S/c24-23(26)19-5-2-1-4-16(19)14-29-22-13-17(12-21-20(22)6-3-11-25-21)15-7-9-18(10-8-15)30(27)28/h1-13H,14H2,(H2,24,26)(H,27,28). The van der Waals surface area contributed by atoms with Crippen LogP contribution in [0.5, 0.6) is 5.75 Å². The second-order valence-electron chi connectivity index (χ2n) is 6.63. The van der Waals surface area contributed by atoms with Crippen molar-refractivity contribution in [3.8, 4) is 16.9 Å². The summed E-state index contributed by atoms with van der Waals surface area (Å²) in [4.78, 5) is 16.4. The van der Waals surface area contributed by atoms with Crippen LogP contribution >= 0.6 is 0 Å². The average molecular weight is 418 g/mol. The number of fused-ring (bicyclic) bond motifs is 1. The number of rotatable bonds is 6. The molecule has 0 bridgehead atoms. The molecule has 3 N–H and O–H groups in total. The van der Waals surface area contributed by atoms with Crippen LogP contribution in [0.3, 0.4) is 0 Å². The third-order valence-corrected chi connectivity index (χ3v) is 5.41. The van der Waals surface area contributed by atoms with E-state index in [0.29, 0.717) is 21.8 Å². The highest BCUT2D eigenvalue weighted by Gasteiger charge is 2.12. The fourth-order valence-electron chi connectivity index (χ4n) is 3.24. The topological polar surface area (TPSA) is 103 Å². The number of carbonyl (C=O) groups is 1. The number of hydrogen-bond acceptors (Lipinski definition) is 4. The highest BCUT2D eigenvalue weighted by atomic mass is 32.2. The predicted molar refractivity (Wildman–Crippen MR) is 116 cm³/mol. The lowest BCUT2D eigenvalue weighted by atomic mass is 10.0. The van der Waals surface area contributed by atoms with E-state index >= 15 is 0 Å². The van der Waals surface area contributed by atoms with E-state index in [4.69, 9.17) is 10.5 Å². The van der Waals surface area contributed by atoms with Crippen molar-refractivity contribution in [1.82, 2.24) is 4.98 Å². The van der Waals surface area contributed by atoms with Gasteiger partial charge >= 0.3 is 0 Å². The van der Waals surface area contributed by atoms with Crippen molar-refractivity contribution in [1.29, 1.82) is 0 Å². The van der Waals surface area contributed by atoms with Gasteiger partial charge in [-0.15, -0.1) is 0 Å². The zero-order valence-corrected chi connectivity index (χ0v) is 16.6. The van der Waals surface area contributed by atoms with Gasteiger partial charge in [0.05, 0.1) is 10.4 Å². The Morgan fingerprint density at radius 1 is 1.00 bits per heavy atom. The van der Waals surface area contributed by atoms with E-state index in [1.54, 1.807) is 48.7 Å². The van der Waals surface area contributed by atoms with E-state index in [9.17, 15) is 13.6 Å². The lowest BCUT2D eigenvalue weighted by molar-refractivity contribution is 0.0998. The van der Waals surface area contributed by atoms with Crippen LogP contribution in [0.15, 0.2) is 83.9 Å². The molecule has 6 nitrogen and oxygen atoms in total. The Morgan fingerprint density at radius 2 is 1.77 bits per heavy atom. The average Bonchev–Trinajstić information content (AvgIpc) is 2.77. The summed E-state index contributed by atoms with van der Waals surface area (Å²) in [5.74, 6) is 0.112. The summed E-state index contributed by atoms with van der Waals surface area (Å²) in [6.07, 6.45) is 1.70. The second-order valence-corrected chi connectivity index (χ2v) is 7.60. The fourth-order valence-corrected chi connectivity index (χ4v) is 3.61. The maximum atomic E-state index is 11.7. The van der Waals surface area contributed by atoms with Gasteiger partial charge in [0.1, 0.15) is 12.4 Å². The molecule has 7 heteroatoms. The van der Waals surface area contributed by atoms with Crippen molar-refractivity contribution in [2.45, 2.75) is 11.5 Å². The Kier molecular flexibility index (Phi) is 5.56. The highest BCUT2D eigenvalue weighted by Crippen LogP contribution is 2.32. The molecule has 4 aromatic rings. The number of nitrogens with two attached hydrogens (primary N) is 1. The van der Waals surface area contributed by atoms with Gasteiger partial charge in [0.15, 0.2) is 11.1 Å². The zero-order chi connectivity index (χ0) is 21.1. The second kappa shape index (κ2) is 8.44. The first kappa shape index (κ1) is 19.8. The van der Waals surface area contributed by atoms with Crippen molar-refractivity contribution >= 4 is 27.9 Å². The van der Waals surface area contributed by atoms with E-state index in [2.05, 4.69) is 4.98 Å². The number of ether oxygens (including phenoxy) is 1. The number of pyridine rings is 1. The highest BCUT2D eigenvalue weighted by molar-refractivity contribution is 7.79. The van der Waals surface area contributed by atoms with Crippen LogP contribution in [0.1, 0.15) is 15.9 Å². The molecule has 0 aliphatic rings. The summed E-state index contributed by atoms with van der Waals surface area (Å²) >= 11 is -2.03. The molecular weight excluding hydrogens is 400 g/mol. The first-order chi connectivity index (χ1) is 14.5. The van der Waals surface area contributed by atoms with E-state index in [0.717, 1.165) is 22.0 Å². The van der Waals surface area contributed by atoms with Crippen LogP contribution in [0.4, 0.5) is 0 Å². The van der Waals surface area contributed by atoms with Crippen molar-refractivity contribution in [3.63, 3.8) is 0 Å². The summed E-state index contributed by atoms with van der Waals surface area (Å²) in [7, 11) is 0. The largest absolute Gasteiger partial charge is 0.488 e. The molecule has 1 unspecified atom stereocenters. The van der Waals surface area contributed by atoms with Gasteiger partial charge < -0.3 is 15.0 Å². The Morgan fingerprint density at radius 3 is 2.50 bits per heavy atom. The van der Waals surface area contributed by atoms with E-state index in [1.165, 1.54) is 0 Å². The molecule has 0 saturated heterocycles. The number of aromatic nitrogens is 1. The van der Waals surface area contributed by atoms with E-state index in [-0.39, 0.29) is 6.61 Å². The Bertz CT molecular complexity index is 1260. The first-order valence-corrected chi connectivity index (χ1v) is 10.2. The molecule has 0 aliphatic carbocycles. The first-order valence-electron chi connectivity index (χ1n) is 9.13. The minimum atomic E-state index is -2.03. The van der Waals surface area contributed by atoms with Crippen molar-refractivity contribution in [2.75, 3.05) is 0 Å². The molecule has 3 aromatic carbocycles. The van der Waals surface area contributed by atoms with Crippen molar-refractivity contribution in [2.24, 2.45) is 5.73 Å². The normalized spacial score (nSPS) is 11.9. The maximum absolute atomic E-state index is 11.7. The molecule has 30 heavy (non-hydrogen) atoms. The minimum Gasteiger partial charge on any atom is -0.488 e. The van der Waals surface area contributed by atoms with Gasteiger partial charge in [0.2, 0.25) is 5.91 Å². The van der Waals surface area contributed by atoms with Crippen LogP contribution in [0.25, 0.3) is 22.0 Å². The predicted octanol–water partition coefficient (Wildman–Crippen LogP) is 4.16. The van der Waals surface area contributed by atoms with Crippen LogP contribution in [0, 0.1) is 0 Å². The Hall–Kier alpha value is -3.55. The third-order valence-electron chi connectivity index (χ3n) is 4.74. The molecule has 0 spiro atoms. The SMILES string of the molecule is NC(=O)c1ccccc1COc1cc(-c2ccc(S(=O)O)cc2)cc2ncccc12.